The SMILES string of the molecule is C=CCN/C(=C\[N+](=O)[O-])NCCCCC. The highest BCUT2D eigenvalue weighted by Crippen LogP contribution is 1.93. The van der Waals surface area contributed by atoms with Crippen LogP contribution in [0, 0.1) is 10.1 Å². The van der Waals surface area contributed by atoms with E-state index in [0.717, 1.165) is 32.0 Å². The Bertz CT molecular complexity index is 227. The van der Waals surface area contributed by atoms with Gasteiger partial charge in [-0.25, -0.2) is 0 Å². The summed E-state index contributed by atoms with van der Waals surface area (Å²) in [6.45, 7) is 6.91. The Labute approximate surface area is 90.4 Å². The number of nitro groups is 1. The lowest BCUT2D eigenvalue weighted by Crippen LogP contribution is -2.28. The maximum absolute atomic E-state index is 10.3. The van der Waals surface area contributed by atoms with E-state index in [1.54, 1.807) is 6.08 Å². The molecule has 0 aliphatic carbocycles. The summed E-state index contributed by atoms with van der Waals surface area (Å²) < 4.78 is 0. The minimum Gasteiger partial charge on any atom is -0.367 e. The molecule has 0 spiro atoms. The van der Waals surface area contributed by atoms with E-state index in [1.165, 1.54) is 0 Å². The Morgan fingerprint density at radius 2 is 2.20 bits per heavy atom. The molecule has 0 aromatic rings. The third-order valence-electron chi connectivity index (χ3n) is 1.77. The van der Waals surface area contributed by atoms with E-state index in [4.69, 9.17) is 0 Å². The highest BCUT2D eigenvalue weighted by Gasteiger charge is 1.99. The molecule has 15 heavy (non-hydrogen) atoms. The molecular formula is C10H19N3O2. The van der Waals surface area contributed by atoms with Crippen molar-refractivity contribution in [2.45, 2.75) is 26.2 Å². The van der Waals surface area contributed by atoms with Crippen molar-refractivity contribution >= 4 is 0 Å². The molecule has 0 fully saturated rings. The first-order valence-electron chi connectivity index (χ1n) is 5.14. The predicted molar refractivity (Wildman–Crippen MR) is 60.8 cm³/mol. The second-order valence-electron chi connectivity index (χ2n) is 3.13. The molecule has 2 N–H and O–H groups in total. The summed E-state index contributed by atoms with van der Waals surface area (Å²) in [4.78, 5) is 9.81. The first-order chi connectivity index (χ1) is 7.20. The van der Waals surface area contributed by atoms with Crippen LogP contribution in [0.25, 0.3) is 0 Å². The Morgan fingerprint density at radius 1 is 1.47 bits per heavy atom. The number of rotatable bonds is 9. The fraction of sp³-hybridized carbons (Fsp3) is 0.600. The summed E-state index contributed by atoms with van der Waals surface area (Å²) in [5, 5.41) is 16.1. The van der Waals surface area contributed by atoms with Gasteiger partial charge in [0, 0.05) is 13.1 Å². The van der Waals surface area contributed by atoms with E-state index in [9.17, 15) is 10.1 Å². The lowest BCUT2D eigenvalue weighted by Gasteiger charge is -2.09. The molecule has 0 radical (unpaired) electrons. The smallest absolute Gasteiger partial charge is 0.274 e. The van der Waals surface area contributed by atoms with Crippen LogP contribution in [-0.4, -0.2) is 18.0 Å². The molecule has 86 valence electrons. The molecule has 0 aliphatic heterocycles. The van der Waals surface area contributed by atoms with Crippen LogP contribution >= 0.6 is 0 Å². The molecule has 0 aromatic carbocycles. The van der Waals surface area contributed by atoms with Crippen molar-refractivity contribution < 1.29 is 4.92 Å². The highest BCUT2D eigenvalue weighted by molar-refractivity contribution is 4.93. The molecular weight excluding hydrogens is 194 g/mol. The number of hydrogen-bond donors (Lipinski definition) is 2. The standard InChI is InChI=1S/C10H19N3O2/c1-3-5-6-8-12-10(9-13(14)15)11-7-4-2/h4,9,11-12H,2-3,5-8H2,1H3/b10-9+. The van der Waals surface area contributed by atoms with Gasteiger partial charge in [0.15, 0.2) is 5.82 Å². The van der Waals surface area contributed by atoms with Crippen LogP contribution in [-0.2, 0) is 0 Å². The zero-order chi connectivity index (χ0) is 11.5. The van der Waals surface area contributed by atoms with Crippen LogP contribution < -0.4 is 10.6 Å². The van der Waals surface area contributed by atoms with Gasteiger partial charge in [-0.1, -0.05) is 25.8 Å². The van der Waals surface area contributed by atoms with Gasteiger partial charge < -0.3 is 10.6 Å². The average Bonchev–Trinajstić information content (AvgIpc) is 2.19. The molecule has 0 heterocycles. The third-order valence-corrected chi connectivity index (χ3v) is 1.77. The Hall–Kier alpha value is -1.52. The normalized spacial score (nSPS) is 10.9. The van der Waals surface area contributed by atoms with Gasteiger partial charge in [0.25, 0.3) is 6.20 Å². The van der Waals surface area contributed by atoms with Crippen molar-refractivity contribution in [2.24, 2.45) is 0 Å². The number of unbranched alkanes of at least 4 members (excludes halogenated alkanes) is 2. The molecule has 0 unspecified atom stereocenters. The van der Waals surface area contributed by atoms with Gasteiger partial charge in [0.1, 0.15) is 0 Å². The molecule has 0 rings (SSSR count). The number of nitrogens with zero attached hydrogens (tertiary/aromatic N) is 1. The van der Waals surface area contributed by atoms with Crippen molar-refractivity contribution in [2.75, 3.05) is 13.1 Å². The van der Waals surface area contributed by atoms with Crippen molar-refractivity contribution in [1.29, 1.82) is 0 Å². The fourth-order valence-corrected chi connectivity index (χ4v) is 1.04. The quantitative estimate of drug-likeness (QED) is 0.264. The zero-order valence-electron chi connectivity index (χ0n) is 9.16. The maximum Gasteiger partial charge on any atom is 0.274 e. The van der Waals surface area contributed by atoms with E-state index in [-0.39, 0.29) is 0 Å². The van der Waals surface area contributed by atoms with Crippen molar-refractivity contribution in [3.63, 3.8) is 0 Å². The van der Waals surface area contributed by atoms with E-state index < -0.39 is 4.92 Å². The summed E-state index contributed by atoms with van der Waals surface area (Å²) in [6, 6.07) is 0. The molecule has 0 saturated carbocycles. The van der Waals surface area contributed by atoms with Crippen LogP contribution in [0.3, 0.4) is 0 Å². The van der Waals surface area contributed by atoms with Crippen LogP contribution in [0.4, 0.5) is 0 Å². The van der Waals surface area contributed by atoms with Gasteiger partial charge in [-0.2, -0.15) is 0 Å². The van der Waals surface area contributed by atoms with Crippen molar-refractivity contribution in [1.82, 2.24) is 10.6 Å². The number of nitrogens with one attached hydrogen (secondary N) is 2. The van der Waals surface area contributed by atoms with Gasteiger partial charge in [-0.15, -0.1) is 6.58 Å². The summed E-state index contributed by atoms with van der Waals surface area (Å²) in [7, 11) is 0. The lowest BCUT2D eigenvalue weighted by atomic mass is 10.2. The van der Waals surface area contributed by atoms with E-state index in [0.29, 0.717) is 12.4 Å². The minimum atomic E-state index is -0.474. The lowest BCUT2D eigenvalue weighted by molar-refractivity contribution is -0.404. The molecule has 0 aliphatic rings. The fourth-order valence-electron chi connectivity index (χ4n) is 1.04. The van der Waals surface area contributed by atoms with Gasteiger partial charge in [-0.3, -0.25) is 10.1 Å². The topological polar surface area (TPSA) is 67.2 Å². The predicted octanol–water partition coefficient (Wildman–Crippen LogP) is 1.62. The summed E-state index contributed by atoms with van der Waals surface area (Å²) in [5.74, 6) is 0.441. The van der Waals surface area contributed by atoms with Crippen LogP contribution in [0.2, 0.25) is 0 Å². The van der Waals surface area contributed by atoms with Gasteiger partial charge >= 0.3 is 0 Å². The Morgan fingerprint density at radius 3 is 2.73 bits per heavy atom. The van der Waals surface area contributed by atoms with Crippen LogP contribution in [0.15, 0.2) is 24.7 Å². The molecule has 0 bridgehead atoms. The average molecular weight is 213 g/mol. The molecule has 0 aromatic heterocycles. The molecule has 0 amide bonds. The summed E-state index contributed by atoms with van der Waals surface area (Å²) >= 11 is 0. The molecule has 0 saturated heterocycles. The van der Waals surface area contributed by atoms with E-state index >= 15 is 0 Å². The van der Waals surface area contributed by atoms with Gasteiger partial charge in [0.2, 0.25) is 0 Å². The molecule has 5 nitrogen and oxygen atoms in total. The second kappa shape index (κ2) is 9.05. The van der Waals surface area contributed by atoms with Crippen molar-refractivity contribution in [3.05, 3.63) is 34.8 Å². The summed E-state index contributed by atoms with van der Waals surface area (Å²) in [5.41, 5.74) is 0. The summed E-state index contributed by atoms with van der Waals surface area (Å²) in [6.07, 6.45) is 5.87. The van der Waals surface area contributed by atoms with E-state index in [2.05, 4.69) is 24.1 Å². The number of hydrogen-bond acceptors (Lipinski definition) is 4. The monoisotopic (exact) mass is 213 g/mol. The van der Waals surface area contributed by atoms with Crippen molar-refractivity contribution in [3.8, 4) is 0 Å². The van der Waals surface area contributed by atoms with Crippen LogP contribution in [0.1, 0.15) is 26.2 Å². The second-order valence-corrected chi connectivity index (χ2v) is 3.13. The highest BCUT2D eigenvalue weighted by atomic mass is 16.6. The van der Waals surface area contributed by atoms with Crippen LogP contribution in [0.5, 0.6) is 0 Å². The maximum atomic E-state index is 10.3. The first-order valence-corrected chi connectivity index (χ1v) is 5.14. The first kappa shape index (κ1) is 13.5. The van der Waals surface area contributed by atoms with Gasteiger partial charge in [-0.05, 0) is 6.42 Å². The minimum absolute atomic E-state index is 0.441. The van der Waals surface area contributed by atoms with Gasteiger partial charge in [0.05, 0.1) is 4.92 Å². The third kappa shape index (κ3) is 8.80. The largest absolute Gasteiger partial charge is 0.367 e. The molecule has 5 heteroatoms. The molecule has 0 atom stereocenters. The van der Waals surface area contributed by atoms with E-state index in [1.807, 2.05) is 0 Å². The zero-order valence-corrected chi connectivity index (χ0v) is 9.16. The Balaban J connectivity index is 3.90. The Kier molecular flexibility index (Phi) is 8.13.